The van der Waals surface area contributed by atoms with Gasteiger partial charge in [0.25, 0.3) is 0 Å². The maximum Gasteiger partial charge on any atom is 0.244 e. The Morgan fingerprint density at radius 3 is 2.21 bits per heavy atom. The Balaban J connectivity index is 2.44. The van der Waals surface area contributed by atoms with Crippen LogP contribution in [0.15, 0.2) is 48.5 Å². The van der Waals surface area contributed by atoms with Crippen LogP contribution in [0.3, 0.4) is 0 Å². The summed E-state index contributed by atoms with van der Waals surface area (Å²) in [5, 5.41) is 3.37. The summed E-state index contributed by atoms with van der Waals surface area (Å²) in [6.07, 6.45) is 2.10. The van der Waals surface area contributed by atoms with Crippen molar-refractivity contribution in [1.82, 2.24) is 10.2 Å². The Bertz CT molecular complexity index is 1100. The summed E-state index contributed by atoms with van der Waals surface area (Å²) < 4.78 is 26.2. The first kappa shape index (κ1) is 28.0. The molecule has 0 aromatic heterocycles. The summed E-state index contributed by atoms with van der Waals surface area (Å²) in [7, 11) is -3.87. The molecule has 0 bridgehead atoms. The molecule has 0 saturated carbocycles. The van der Waals surface area contributed by atoms with Crippen LogP contribution < -0.4 is 9.62 Å². The summed E-state index contributed by atoms with van der Waals surface area (Å²) in [6, 6.07) is 12.8. The fourth-order valence-corrected chi connectivity index (χ4v) is 4.84. The highest BCUT2D eigenvalue weighted by Gasteiger charge is 2.32. The number of carbonyl (C=O) groups is 2. The first-order valence-electron chi connectivity index (χ1n) is 11.0. The number of rotatable bonds is 11. The van der Waals surface area contributed by atoms with Crippen LogP contribution in [-0.4, -0.2) is 50.0 Å². The fourth-order valence-electron chi connectivity index (χ4n) is 3.42. The van der Waals surface area contributed by atoms with E-state index in [-0.39, 0.29) is 29.2 Å². The second kappa shape index (κ2) is 12.4. The van der Waals surface area contributed by atoms with E-state index in [4.69, 9.17) is 23.2 Å². The average molecular weight is 529 g/mol. The number of amides is 2. The largest absolute Gasteiger partial charge is 0.352 e. The van der Waals surface area contributed by atoms with E-state index >= 15 is 0 Å². The van der Waals surface area contributed by atoms with Crippen LogP contribution in [-0.2, 0) is 26.2 Å². The molecule has 7 nitrogen and oxygen atoms in total. The van der Waals surface area contributed by atoms with Gasteiger partial charge in [0.05, 0.1) is 17.0 Å². The number of carbonyl (C=O) groups excluding carboxylic acids is 2. The lowest BCUT2D eigenvalue weighted by atomic mass is 10.1. The van der Waals surface area contributed by atoms with Crippen molar-refractivity contribution in [2.45, 2.75) is 52.2 Å². The van der Waals surface area contributed by atoms with Gasteiger partial charge in [-0.2, -0.15) is 0 Å². The zero-order valence-electron chi connectivity index (χ0n) is 19.8. The minimum Gasteiger partial charge on any atom is -0.352 e. The van der Waals surface area contributed by atoms with Crippen molar-refractivity contribution in [3.05, 3.63) is 64.1 Å². The van der Waals surface area contributed by atoms with Gasteiger partial charge in [-0.05, 0) is 43.5 Å². The van der Waals surface area contributed by atoms with Crippen molar-refractivity contribution in [1.29, 1.82) is 0 Å². The minimum atomic E-state index is -3.87. The van der Waals surface area contributed by atoms with Crippen molar-refractivity contribution < 1.29 is 18.0 Å². The number of hydrogen-bond donors (Lipinski definition) is 1. The van der Waals surface area contributed by atoms with Crippen molar-refractivity contribution in [3.63, 3.8) is 0 Å². The highest BCUT2D eigenvalue weighted by atomic mass is 35.5. The molecule has 2 aromatic carbocycles. The molecule has 10 heteroatoms. The Morgan fingerprint density at radius 2 is 1.68 bits per heavy atom. The van der Waals surface area contributed by atoms with Gasteiger partial charge < -0.3 is 10.2 Å². The van der Waals surface area contributed by atoms with Crippen LogP contribution in [0.4, 0.5) is 5.69 Å². The number of sulfonamides is 1. The lowest BCUT2D eigenvalue weighted by Gasteiger charge is -2.33. The Hall–Kier alpha value is -2.29. The maximum atomic E-state index is 13.6. The minimum absolute atomic E-state index is 0.0596. The van der Waals surface area contributed by atoms with E-state index in [0.29, 0.717) is 11.4 Å². The van der Waals surface area contributed by atoms with E-state index in [2.05, 4.69) is 5.32 Å². The quantitative estimate of drug-likeness (QED) is 0.466. The number of halogens is 2. The van der Waals surface area contributed by atoms with E-state index in [1.54, 1.807) is 0 Å². The van der Waals surface area contributed by atoms with E-state index in [9.17, 15) is 18.0 Å². The predicted molar refractivity (Wildman–Crippen MR) is 138 cm³/mol. The first-order valence-corrected chi connectivity index (χ1v) is 13.6. The lowest BCUT2D eigenvalue weighted by Crippen LogP contribution is -2.53. The third-order valence-corrected chi connectivity index (χ3v) is 7.10. The standard InChI is InChI=1S/C24H31Cl2N3O4S/c1-5-17(3)27-24(31)21(6-2)28(15-18-10-8-7-9-11-18)23(30)16-29(34(4,32)33)22-13-12-19(25)14-20(22)26/h7-14,17,21H,5-6,15-16H2,1-4H3,(H,27,31)/t17-,21-/m0/s1. The van der Waals surface area contributed by atoms with Crippen LogP contribution in [0.1, 0.15) is 39.2 Å². The smallest absolute Gasteiger partial charge is 0.244 e. The molecule has 2 rings (SSSR count). The van der Waals surface area contributed by atoms with Gasteiger partial charge in [-0.25, -0.2) is 8.42 Å². The summed E-state index contributed by atoms with van der Waals surface area (Å²) in [5.41, 5.74) is 0.958. The Morgan fingerprint density at radius 1 is 1.03 bits per heavy atom. The van der Waals surface area contributed by atoms with Gasteiger partial charge in [0.15, 0.2) is 0 Å². The van der Waals surface area contributed by atoms with Gasteiger partial charge >= 0.3 is 0 Å². The molecule has 0 fully saturated rings. The normalized spacial score (nSPS) is 13.1. The van der Waals surface area contributed by atoms with Gasteiger partial charge in [0.1, 0.15) is 12.6 Å². The van der Waals surface area contributed by atoms with Gasteiger partial charge in [-0.3, -0.25) is 13.9 Å². The predicted octanol–water partition coefficient (Wildman–Crippen LogP) is 4.48. The summed E-state index contributed by atoms with van der Waals surface area (Å²) in [4.78, 5) is 28.1. The van der Waals surface area contributed by atoms with E-state index in [1.807, 2.05) is 51.1 Å². The molecule has 186 valence electrons. The zero-order chi connectivity index (χ0) is 25.5. The number of nitrogens with zero attached hydrogens (tertiary/aromatic N) is 2. The molecule has 0 saturated heterocycles. The molecule has 0 aliphatic heterocycles. The summed E-state index contributed by atoms with van der Waals surface area (Å²) >= 11 is 12.2. The molecular formula is C24H31Cl2N3O4S. The molecule has 0 aliphatic rings. The maximum absolute atomic E-state index is 13.6. The molecular weight excluding hydrogens is 497 g/mol. The van der Waals surface area contributed by atoms with E-state index in [0.717, 1.165) is 22.5 Å². The van der Waals surface area contributed by atoms with Crippen molar-refractivity contribution in [2.75, 3.05) is 17.1 Å². The molecule has 0 unspecified atom stereocenters. The van der Waals surface area contributed by atoms with Gasteiger partial charge in [0, 0.05) is 17.6 Å². The van der Waals surface area contributed by atoms with Crippen molar-refractivity contribution >= 4 is 50.7 Å². The molecule has 0 heterocycles. The molecule has 0 aliphatic carbocycles. The second-order valence-electron chi connectivity index (χ2n) is 8.11. The average Bonchev–Trinajstić information content (AvgIpc) is 2.77. The van der Waals surface area contributed by atoms with Crippen molar-refractivity contribution in [2.24, 2.45) is 0 Å². The van der Waals surface area contributed by atoms with Crippen LogP contribution >= 0.6 is 23.2 Å². The SMILES string of the molecule is CC[C@H](C)NC(=O)[C@H](CC)N(Cc1ccccc1)C(=O)CN(c1ccc(Cl)cc1Cl)S(C)(=O)=O. The molecule has 1 N–H and O–H groups in total. The van der Waals surface area contributed by atoms with Gasteiger partial charge in [-0.15, -0.1) is 0 Å². The second-order valence-corrected chi connectivity index (χ2v) is 10.9. The highest BCUT2D eigenvalue weighted by Crippen LogP contribution is 2.30. The summed E-state index contributed by atoms with van der Waals surface area (Å²) in [5.74, 6) is -0.803. The molecule has 2 atom stereocenters. The van der Waals surface area contributed by atoms with Crippen LogP contribution in [0.2, 0.25) is 10.0 Å². The Kier molecular flexibility index (Phi) is 10.2. The van der Waals surface area contributed by atoms with E-state index in [1.165, 1.54) is 23.1 Å². The monoisotopic (exact) mass is 527 g/mol. The van der Waals surface area contributed by atoms with Gasteiger partial charge in [-0.1, -0.05) is 67.4 Å². The lowest BCUT2D eigenvalue weighted by molar-refractivity contribution is -0.140. The first-order chi connectivity index (χ1) is 16.0. The third kappa shape index (κ3) is 7.61. The molecule has 0 spiro atoms. The molecule has 2 amide bonds. The van der Waals surface area contributed by atoms with E-state index < -0.39 is 28.5 Å². The molecule has 0 radical (unpaired) electrons. The Labute approximate surface area is 212 Å². The number of benzene rings is 2. The fraction of sp³-hybridized carbons (Fsp3) is 0.417. The van der Waals surface area contributed by atoms with Crippen molar-refractivity contribution in [3.8, 4) is 0 Å². The number of nitrogens with one attached hydrogen (secondary N) is 1. The topological polar surface area (TPSA) is 86.8 Å². The highest BCUT2D eigenvalue weighted by molar-refractivity contribution is 7.92. The molecule has 2 aromatic rings. The number of anilines is 1. The van der Waals surface area contributed by atoms with Crippen LogP contribution in [0, 0.1) is 0 Å². The van der Waals surface area contributed by atoms with Gasteiger partial charge in [0.2, 0.25) is 21.8 Å². The zero-order valence-corrected chi connectivity index (χ0v) is 22.1. The van der Waals surface area contributed by atoms with Crippen LogP contribution in [0.25, 0.3) is 0 Å². The third-order valence-electron chi connectivity index (χ3n) is 5.44. The summed E-state index contributed by atoms with van der Waals surface area (Å²) in [6.45, 7) is 5.30. The molecule has 34 heavy (non-hydrogen) atoms. The number of hydrogen-bond acceptors (Lipinski definition) is 4. The van der Waals surface area contributed by atoms with Crippen LogP contribution in [0.5, 0.6) is 0 Å².